The first-order valence-electron chi connectivity index (χ1n) is 3.86. The summed E-state index contributed by atoms with van der Waals surface area (Å²) < 4.78 is 4.18. The number of ketones is 1. The molecule has 0 bridgehead atoms. The molecular formula is C7H7N3O4. The van der Waals surface area contributed by atoms with Crippen molar-refractivity contribution in [3.63, 3.8) is 0 Å². The predicted molar refractivity (Wildman–Crippen MR) is 42.3 cm³/mol. The van der Waals surface area contributed by atoms with Crippen LogP contribution in [-0.2, 0) is 14.3 Å². The van der Waals surface area contributed by atoms with Crippen molar-refractivity contribution in [3.8, 4) is 0 Å². The van der Waals surface area contributed by atoms with Crippen LogP contribution in [-0.4, -0.2) is 34.9 Å². The summed E-state index contributed by atoms with van der Waals surface area (Å²) in [5.41, 5.74) is 8.01. The molecular weight excluding hydrogens is 190 g/mol. The molecule has 1 rings (SSSR count). The second-order valence-corrected chi connectivity index (χ2v) is 2.66. The molecule has 14 heavy (non-hydrogen) atoms. The molecule has 1 fully saturated rings. The number of hydrogen-bond donors (Lipinski definition) is 1. The van der Waals surface area contributed by atoms with Crippen molar-refractivity contribution in [2.24, 2.45) is 0 Å². The van der Waals surface area contributed by atoms with Gasteiger partial charge in [-0.2, -0.15) is 4.79 Å². The Morgan fingerprint density at radius 2 is 2.36 bits per heavy atom. The van der Waals surface area contributed by atoms with Gasteiger partial charge in [-0.15, -0.1) is 0 Å². The summed E-state index contributed by atoms with van der Waals surface area (Å²) >= 11 is 0. The fraction of sp³-hybridized carbons (Fsp3) is 0.429. The van der Waals surface area contributed by atoms with E-state index in [0.717, 1.165) is 6.21 Å². The molecule has 1 aliphatic rings. The number of alkyl carbamates (subject to hydrolysis) is 1. The van der Waals surface area contributed by atoms with Crippen LogP contribution in [0.1, 0.15) is 12.8 Å². The van der Waals surface area contributed by atoms with Crippen LogP contribution in [0.5, 0.6) is 0 Å². The molecule has 1 amide bonds. The Kier molecular flexibility index (Phi) is 3.09. The van der Waals surface area contributed by atoms with Crippen molar-refractivity contribution in [1.29, 1.82) is 0 Å². The standard InChI is InChI=1S/C7H7N3O4/c8-9-3-4(11)1-2-5-6(12)14-7(13)10-5/h3,5H,1-2H2,(H,10,13). The van der Waals surface area contributed by atoms with Gasteiger partial charge in [-0.25, -0.2) is 9.59 Å². The summed E-state index contributed by atoms with van der Waals surface area (Å²) in [6.45, 7) is 0. The van der Waals surface area contributed by atoms with Gasteiger partial charge >= 0.3 is 18.3 Å². The van der Waals surface area contributed by atoms with Gasteiger partial charge in [-0.1, -0.05) is 0 Å². The van der Waals surface area contributed by atoms with E-state index in [1.54, 1.807) is 0 Å². The van der Waals surface area contributed by atoms with Crippen LogP contribution in [0.2, 0.25) is 0 Å². The molecule has 0 spiro atoms. The monoisotopic (exact) mass is 197 g/mol. The van der Waals surface area contributed by atoms with E-state index in [-0.39, 0.29) is 12.8 Å². The molecule has 7 heteroatoms. The topological polar surface area (TPSA) is 109 Å². The van der Waals surface area contributed by atoms with Crippen LogP contribution in [0.25, 0.3) is 5.53 Å². The Morgan fingerprint density at radius 1 is 1.64 bits per heavy atom. The Balaban J connectivity index is 2.39. The number of nitrogens with zero attached hydrogens (tertiary/aromatic N) is 2. The average Bonchev–Trinajstić information content (AvgIpc) is 2.42. The van der Waals surface area contributed by atoms with Gasteiger partial charge in [-0.3, -0.25) is 4.79 Å². The summed E-state index contributed by atoms with van der Waals surface area (Å²) in [5, 5.41) is 2.23. The first-order valence-corrected chi connectivity index (χ1v) is 3.86. The van der Waals surface area contributed by atoms with Gasteiger partial charge in [-0.05, 0) is 6.42 Å². The number of carbonyl (C=O) groups is 3. The highest BCUT2D eigenvalue weighted by Gasteiger charge is 2.32. The third-order valence-electron chi connectivity index (χ3n) is 1.65. The SMILES string of the molecule is [N-]=[N+]=CC(=O)CCC1NC(=O)OC1=O. The molecule has 0 aromatic heterocycles. The van der Waals surface area contributed by atoms with Crippen molar-refractivity contribution in [3.05, 3.63) is 5.53 Å². The molecule has 1 saturated heterocycles. The first kappa shape index (κ1) is 10.1. The maximum atomic E-state index is 10.9. The van der Waals surface area contributed by atoms with Gasteiger partial charge in [0.05, 0.1) is 0 Å². The number of cyclic esters (lactones) is 2. The molecule has 0 aromatic carbocycles. The third-order valence-corrected chi connectivity index (χ3v) is 1.65. The van der Waals surface area contributed by atoms with Crippen LogP contribution >= 0.6 is 0 Å². The number of esters is 1. The Hall–Kier alpha value is -2.01. The summed E-state index contributed by atoms with van der Waals surface area (Å²) in [4.78, 5) is 34.7. The Labute approximate surface area is 78.7 Å². The highest BCUT2D eigenvalue weighted by molar-refractivity contribution is 6.25. The van der Waals surface area contributed by atoms with Crippen LogP contribution in [0.15, 0.2) is 0 Å². The molecule has 0 aliphatic carbocycles. The lowest BCUT2D eigenvalue weighted by molar-refractivity contribution is -0.135. The summed E-state index contributed by atoms with van der Waals surface area (Å²) in [6, 6.07) is -0.779. The first-order chi connectivity index (χ1) is 6.63. The molecule has 74 valence electrons. The lowest BCUT2D eigenvalue weighted by Gasteiger charge is -2.00. The van der Waals surface area contributed by atoms with Crippen LogP contribution in [0.3, 0.4) is 0 Å². The summed E-state index contributed by atoms with van der Waals surface area (Å²) in [6.07, 6.45) is 0.0741. The van der Waals surface area contributed by atoms with E-state index in [1.807, 2.05) is 0 Å². The largest absolute Gasteiger partial charge is 0.415 e. The van der Waals surface area contributed by atoms with E-state index in [9.17, 15) is 14.4 Å². The van der Waals surface area contributed by atoms with Crippen LogP contribution < -0.4 is 5.32 Å². The number of ether oxygens (including phenoxy) is 1. The number of rotatable bonds is 4. The minimum Gasteiger partial charge on any atom is -0.375 e. The smallest absolute Gasteiger partial charge is 0.375 e. The molecule has 1 heterocycles. The van der Waals surface area contributed by atoms with Gasteiger partial charge in [0.1, 0.15) is 6.04 Å². The zero-order chi connectivity index (χ0) is 10.6. The van der Waals surface area contributed by atoms with Crippen LogP contribution in [0, 0.1) is 0 Å². The number of amides is 1. The van der Waals surface area contributed by atoms with E-state index >= 15 is 0 Å². The predicted octanol–water partition coefficient (Wildman–Crippen LogP) is -0.729. The maximum absolute atomic E-state index is 10.9. The normalized spacial score (nSPS) is 19.6. The highest BCUT2D eigenvalue weighted by Crippen LogP contribution is 2.06. The van der Waals surface area contributed by atoms with Crippen molar-refractivity contribution in [1.82, 2.24) is 5.32 Å². The van der Waals surface area contributed by atoms with Crippen molar-refractivity contribution in [2.45, 2.75) is 18.9 Å². The molecule has 7 nitrogen and oxygen atoms in total. The fourth-order valence-corrected chi connectivity index (χ4v) is 0.999. The maximum Gasteiger partial charge on any atom is 0.415 e. The van der Waals surface area contributed by atoms with E-state index in [1.165, 1.54) is 0 Å². The molecule has 1 aliphatic heterocycles. The van der Waals surface area contributed by atoms with E-state index in [0.29, 0.717) is 0 Å². The quantitative estimate of drug-likeness (QED) is 0.210. The molecule has 0 saturated carbocycles. The van der Waals surface area contributed by atoms with Gasteiger partial charge < -0.3 is 15.6 Å². The average molecular weight is 197 g/mol. The molecule has 0 radical (unpaired) electrons. The highest BCUT2D eigenvalue weighted by atomic mass is 16.6. The Morgan fingerprint density at radius 3 is 2.86 bits per heavy atom. The van der Waals surface area contributed by atoms with E-state index in [4.69, 9.17) is 5.53 Å². The fourth-order valence-electron chi connectivity index (χ4n) is 0.999. The van der Waals surface area contributed by atoms with Gasteiger partial charge in [0.2, 0.25) is 5.78 Å². The number of nitrogens with one attached hydrogen (secondary N) is 1. The number of hydrogen-bond acceptors (Lipinski definition) is 4. The van der Waals surface area contributed by atoms with E-state index < -0.39 is 23.9 Å². The molecule has 1 atom stereocenters. The zero-order valence-corrected chi connectivity index (χ0v) is 7.10. The van der Waals surface area contributed by atoms with E-state index in [2.05, 4.69) is 14.8 Å². The van der Waals surface area contributed by atoms with Crippen molar-refractivity contribution in [2.75, 3.05) is 0 Å². The second-order valence-electron chi connectivity index (χ2n) is 2.66. The molecule has 0 aromatic rings. The van der Waals surface area contributed by atoms with Gasteiger partial charge in [0.15, 0.2) is 0 Å². The second kappa shape index (κ2) is 4.29. The lowest BCUT2D eigenvalue weighted by Crippen LogP contribution is -2.29. The Bertz CT molecular complexity index is 332. The zero-order valence-electron chi connectivity index (χ0n) is 7.10. The number of Topliss-reactive ketones (excluding diaryl/α,β-unsaturated/α-hetero) is 1. The molecule has 1 unspecified atom stereocenters. The molecule has 1 N–H and O–H groups in total. The van der Waals surface area contributed by atoms with Crippen molar-refractivity contribution >= 4 is 24.1 Å². The lowest BCUT2D eigenvalue weighted by atomic mass is 10.1. The minimum absolute atomic E-state index is 0.00407. The third kappa shape index (κ3) is 2.49. The van der Waals surface area contributed by atoms with Gasteiger partial charge in [0, 0.05) is 6.42 Å². The summed E-state index contributed by atoms with van der Waals surface area (Å²) in [5.74, 6) is -1.12. The minimum atomic E-state index is -0.803. The number of carbonyl (C=O) groups excluding carboxylic acids is 3. The summed E-state index contributed by atoms with van der Waals surface area (Å²) in [7, 11) is 0. The van der Waals surface area contributed by atoms with Crippen molar-refractivity contribution < 1.29 is 23.9 Å². The van der Waals surface area contributed by atoms with Gasteiger partial charge in [0.25, 0.3) is 0 Å². The van der Waals surface area contributed by atoms with Crippen LogP contribution in [0.4, 0.5) is 4.79 Å².